The minimum atomic E-state index is -0.236. The smallest absolute Gasteiger partial charge is 0.291 e. The van der Waals surface area contributed by atoms with E-state index >= 15 is 0 Å². The SMILES string of the molecule is Cc1ccnc2nc(C(=O)NCC3(C)CCNCC3)nn12.Cl.Cl. The molecular weight excluding hydrogens is 339 g/mol. The molecule has 0 aliphatic carbocycles. The van der Waals surface area contributed by atoms with E-state index in [1.165, 1.54) is 0 Å². The van der Waals surface area contributed by atoms with E-state index in [2.05, 4.69) is 32.6 Å². The molecule has 1 aliphatic rings. The second kappa shape index (κ2) is 7.90. The van der Waals surface area contributed by atoms with Crippen molar-refractivity contribution in [1.29, 1.82) is 0 Å². The fourth-order valence-corrected chi connectivity index (χ4v) is 2.58. The van der Waals surface area contributed by atoms with E-state index in [4.69, 9.17) is 0 Å². The predicted molar refractivity (Wildman–Crippen MR) is 92.6 cm³/mol. The molecule has 9 heteroatoms. The minimum absolute atomic E-state index is 0. The number of hydrogen-bond acceptors (Lipinski definition) is 5. The maximum atomic E-state index is 12.2. The molecule has 3 heterocycles. The lowest BCUT2D eigenvalue weighted by Crippen LogP contribution is -2.43. The fourth-order valence-electron chi connectivity index (χ4n) is 2.58. The number of aromatic nitrogens is 4. The number of amides is 1. The van der Waals surface area contributed by atoms with Gasteiger partial charge in [-0.05, 0) is 44.3 Å². The quantitative estimate of drug-likeness (QED) is 0.863. The highest BCUT2D eigenvalue weighted by Gasteiger charge is 2.27. The standard InChI is InChI=1S/C14H20N6O.2ClH/c1-10-3-6-16-13-18-11(19-20(10)13)12(21)17-9-14(2)4-7-15-8-5-14;;/h3,6,15H,4-5,7-9H2,1-2H3,(H,17,21);2*1H. The Labute approximate surface area is 147 Å². The number of nitrogens with one attached hydrogen (secondary N) is 2. The van der Waals surface area contributed by atoms with Crippen LogP contribution in [0.1, 0.15) is 36.1 Å². The van der Waals surface area contributed by atoms with Crippen LogP contribution in [0.5, 0.6) is 0 Å². The number of halogens is 2. The highest BCUT2D eigenvalue weighted by Crippen LogP contribution is 2.26. The molecule has 0 spiro atoms. The van der Waals surface area contributed by atoms with E-state index in [0.717, 1.165) is 31.6 Å². The molecule has 1 aliphatic heterocycles. The number of carbonyl (C=O) groups excluding carboxylic acids is 1. The lowest BCUT2D eigenvalue weighted by Gasteiger charge is -2.33. The number of nitrogens with zero attached hydrogens (tertiary/aromatic N) is 4. The lowest BCUT2D eigenvalue weighted by atomic mass is 9.81. The summed E-state index contributed by atoms with van der Waals surface area (Å²) in [5, 5.41) is 10.5. The van der Waals surface area contributed by atoms with E-state index in [1.807, 2.05) is 13.0 Å². The van der Waals surface area contributed by atoms with Gasteiger partial charge in [0.25, 0.3) is 11.7 Å². The van der Waals surface area contributed by atoms with Crippen LogP contribution in [0.2, 0.25) is 0 Å². The third-order valence-corrected chi connectivity index (χ3v) is 4.12. The number of carbonyl (C=O) groups is 1. The predicted octanol–water partition coefficient (Wildman–Crippen LogP) is 1.40. The Morgan fingerprint density at radius 2 is 2.09 bits per heavy atom. The average molecular weight is 361 g/mol. The molecule has 1 amide bonds. The number of aryl methyl sites for hydroxylation is 1. The van der Waals surface area contributed by atoms with Gasteiger partial charge in [0.2, 0.25) is 5.82 Å². The summed E-state index contributed by atoms with van der Waals surface area (Å²) in [7, 11) is 0. The first-order valence-corrected chi connectivity index (χ1v) is 7.25. The maximum Gasteiger partial charge on any atom is 0.291 e. The van der Waals surface area contributed by atoms with Crippen molar-refractivity contribution < 1.29 is 4.79 Å². The third kappa shape index (κ3) is 4.31. The molecule has 2 aromatic rings. The summed E-state index contributed by atoms with van der Waals surface area (Å²) in [5.74, 6) is 0.391. The van der Waals surface area contributed by atoms with Crippen molar-refractivity contribution in [2.24, 2.45) is 5.41 Å². The van der Waals surface area contributed by atoms with Crippen LogP contribution >= 0.6 is 24.8 Å². The molecule has 1 saturated heterocycles. The Hall–Kier alpha value is -1.44. The van der Waals surface area contributed by atoms with E-state index in [-0.39, 0.29) is 42.0 Å². The zero-order chi connectivity index (χ0) is 14.9. The minimum Gasteiger partial charge on any atom is -0.349 e. The first-order chi connectivity index (χ1) is 10.1. The molecule has 128 valence electrons. The second-order valence-corrected chi connectivity index (χ2v) is 5.98. The largest absolute Gasteiger partial charge is 0.349 e. The van der Waals surface area contributed by atoms with Crippen LogP contribution in [0.25, 0.3) is 5.78 Å². The Kier molecular flexibility index (Phi) is 6.73. The van der Waals surface area contributed by atoms with Crippen LogP contribution in [0.3, 0.4) is 0 Å². The molecule has 0 atom stereocenters. The Balaban J connectivity index is 0.00000132. The zero-order valence-electron chi connectivity index (χ0n) is 13.2. The topological polar surface area (TPSA) is 84.2 Å². The summed E-state index contributed by atoms with van der Waals surface area (Å²) in [6.45, 7) is 6.76. The number of piperidine rings is 1. The Morgan fingerprint density at radius 3 is 2.74 bits per heavy atom. The summed E-state index contributed by atoms with van der Waals surface area (Å²) < 4.78 is 1.58. The first-order valence-electron chi connectivity index (χ1n) is 7.25. The first kappa shape index (κ1) is 19.6. The molecular formula is C14H22Cl2N6O. The van der Waals surface area contributed by atoms with Crippen LogP contribution in [0, 0.1) is 12.3 Å². The number of rotatable bonds is 3. The van der Waals surface area contributed by atoms with Gasteiger partial charge in [0.1, 0.15) is 0 Å². The van der Waals surface area contributed by atoms with Crippen molar-refractivity contribution in [3.63, 3.8) is 0 Å². The highest BCUT2D eigenvalue weighted by molar-refractivity contribution is 5.90. The van der Waals surface area contributed by atoms with Crippen molar-refractivity contribution >= 4 is 36.5 Å². The lowest BCUT2D eigenvalue weighted by molar-refractivity contribution is 0.0912. The van der Waals surface area contributed by atoms with Crippen LogP contribution in [0.15, 0.2) is 12.3 Å². The van der Waals surface area contributed by atoms with E-state index in [1.54, 1.807) is 10.7 Å². The maximum absolute atomic E-state index is 12.2. The van der Waals surface area contributed by atoms with Crippen molar-refractivity contribution in [3.05, 3.63) is 23.8 Å². The molecule has 7 nitrogen and oxygen atoms in total. The monoisotopic (exact) mass is 360 g/mol. The summed E-state index contributed by atoms with van der Waals surface area (Å²) in [6, 6.07) is 1.83. The van der Waals surface area contributed by atoms with E-state index in [0.29, 0.717) is 12.3 Å². The van der Waals surface area contributed by atoms with Crippen LogP contribution in [0.4, 0.5) is 0 Å². The summed E-state index contributed by atoms with van der Waals surface area (Å²) >= 11 is 0. The molecule has 2 N–H and O–H groups in total. The van der Waals surface area contributed by atoms with Crippen LogP contribution in [-0.2, 0) is 0 Å². The molecule has 3 rings (SSSR count). The molecule has 0 radical (unpaired) electrons. The van der Waals surface area contributed by atoms with Gasteiger partial charge in [-0.15, -0.1) is 29.9 Å². The third-order valence-electron chi connectivity index (χ3n) is 4.12. The number of hydrogen-bond donors (Lipinski definition) is 2. The van der Waals surface area contributed by atoms with Gasteiger partial charge in [0, 0.05) is 18.4 Å². The average Bonchev–Trinajstić information content (AvgIpc) is 2.91. The van der Waals surface area contributed by atoms with Gasteiger partial charge in [-0.25, -0.2) is 9.50 Å². The van der Waals surface area contributed by atoms with E-state index in [9.17, 15) is 4.79 Å². The van der Waals surface area contributed by atoms with Gasteiger partial charge in [-0.1, -0.05) is 6.92 Å². The summed E-state index contributed by atoms with van der Waals surface area (Å²) in [5.41, 5.74) is 1.05. The molecule has 1 fully saturated rings. The second-order valence-electron chi connectivity index (χ2n) is 5.98. The molecule has 23 heavy (non-hydrogen) atoms. The highest BCUT2D eigenvalue weighted by atomic mass is 35.5. The molecule has 0 aromatic carbocycles. The van der Waals surface area contributed by atoms with Gasteiger partial charge < -0.3 is 10.6 Å². The number of fused-ring (bicyclic) bond motifs is 1. The van der Waals surface area contributed by atoms with Crippen molar-refractivity contribution in [1.82, 2.24) is 30.2 Å². The molecule has 0 unspecified atom stereocenters. The zero-order valence-corrected chi connectivity index (χ0v) is 14.8. The fraction of sp³-hybridized carbons (Fsp3) is 0.571. The van der Waals surface area contributed by atoms with Crippen molar-refractivity contribution in [2.45, 2.75) is 26.7 Å². The summed E-state index contributed by atoms with van der Waals surface area (Å²) in [6.07, 6.45) is 3.79. The Bertz CT molecular complexity index is 668. The van der Waals surface area contributed by atoms with Crippen molar-refractivity contribution in [2.75, 3.05) is 19.6 Å². The van der Waals surface area contributed by atoms with Crippen LogP contribution in [-0.4, -0.2) is 45.1 Å². The van der Waals surface area contributed by atoms with Gasteiger partial charge in [0.05, 0.1) is 0 Å². The molecule has 0 bridgehead atoms. The van der Waals surface area contributed by atoms with E-state index < -0.39 is 0 Å². The normalized spacial score (nSPS) is 16.3. The van der Waals surface area contributed by atoms with Gasteiger partial charge in [-0.3, -0.25) is 4.79 Å². The Morgan fingerprint density at radius 1 is 1.39 bits per heavy atom. The van der Waals surface area contributed by atoms with Gasteiger partial charge >= 0.3 is 0 Å². The molecule has 0 saturated carbocycles. The summed E-state index contributed by atoms with van der Waals surface area (Å²) in [4.78, 5) is 20.5. The van der Waals surface area contributed by atoms with Gasteiger partial charge in [0.15, 0.2) is 0 Å². The van der Waals surface area contributed by atoms with Crippen LogP contribution < -0.4 is 10.6 Å². The van der Waals surface area contributed by atoms with Crippen molar-refractivity contribution in [3.8, 4) is 0 Å². The van der Waals surface area contributed by atoms with Gasteiger partial charge in [-0.2, -0.15) is 4.98 Å². The molecule has 2 aromatic heterocycles.